The van der Waals surface area contributed by atoms with Crippen molar-refractivity contribution in [2.75, 3.05) is 6.54 Å². The molecule has 0 saturated carbocycles. The van der Waals surface area contributed by atoms with Gasteiger partial charge in [-0.1, -0.05) is 36.4 Å². The van der Waals surface area contributed by atoms with Crippen LogP contribution in [-0.4, -0.2) is 26.4 Å². The maximum absolute atomic E-state index is 12.6. The number of aryl methyl sites for hydroxylation is 1. The molecule has 0 saturated heterocycles. The molecule has 0 spiro atoms. The van der Waals surface area contributed by atoms with Crippen LogP contribution < -0.4 is 15.8 Å². The zero-order valence-corrected chi connectivity index (χ0v) is 16.1. The third kappa shape index (κ3) is 5.14. The molecule has 2 aromatic carbocycles. The van der Waals surface area contributed by atoms with Crippen LogP contribution in [0.1, 0.15) is 35.3 Å². The zero-order valence-electron chi connectivity index (χ0n) is 15.2. The largest absolute Gasteiger partial charge is 0.346 e. The van der Waals surface area contributed by atoms with E-state index in [2.05, 4.69) is 10.0 Å². The summed E-state index contributed by atoms with van der Waals surface area (Å²) in [5, 5.41) is 2.82. The average Bonchev–Trinajstić information content (AvgIpc) is 2.60. The highest BCUT2D eigenvalue weighted by atomic mass is 32.2. The molecule has 4 N–H and O–H groups in total. The second kappa shape index (κ2) is 7.99. The van der Waals surface area contributed by atoms with E-state index in [9.17, 15) is 13.2 Å². The fourth-order valence-electron chi connectivity index (χ4n) is 2.30. The topological polar surface area (TPSA) is 101 Å². The first-order valence-corrected chi connectivity index (χ1v) is 9.80. The lowest BCUT2D eigenvalue weighted by Gasteiger charge is -2.24. The van der Waals surface area contributed by atoms with Gasteiger partial charge in [0.05, 0.1) is 4.90 Å². The first-order valence-electron chi connectivity index (χ1n) is 8.31. The number of carbonyl (C=O) groups excluding carboxylic acids is 1. The van der Waals surface area contributed by atoms with Gasteiger partial charge in [0.2, 0.25) is 10.0 Å². The zero-order chi connectivity index (χ0) is 19.4. The van der Waals surface area contributed by atoms with Crippen molar-refractivity contribution in [2.45, 2.75) is 37.8 Å². The van der Waals surface area contributed by atoms with Crippen LogP contribution in [0.25, 0.3) is 0 Å². The predicted octanol–water partition coefficient (Wildman–Crippen LogP) is 1.94. The molecule has 0 aliphatic carbocycles. The van der Waals surface area contributed by atoms with E-state index in [1.54, 1.807) is 13.0 Å². The summed E-state index contributed by atoms with van der Waals surface area (Å²) in [5.41, 5.74) is 6.92. The van der Waals surface area contributed by atoms with Crippen molar-refractivity contribution in [3.8, 4) is 0 Å². The van der Waals surface area contributed by atoms with Gasteiger partial charge in [0.1, 0.15) is 0 Å². The van der Waals surface area contributed by atoms with Crippen LogP contribution in [0.3, 0.4) is 0 Å². The van der Waals surface area contributed by atoms with E-state index in [-0.39, 0.29) is 23.9 Å². The summed E-state index contributed by atoms with van der Waals surface area (Å²) in [5.74, 6) is -0.349. The lowest BCUT2D eigenvalue weighted by molar-refractivity contribution is 0.0915. The number of carbonyl (C=O) groups is 1. The molecule has 7 heteroatoms. The maximum Gasteiger partial charge on any atom is 0.252 e. The van der Waals surface area contributed by atoms with Gasteiger partial charge in [0, 0.05) is 24.2 Å². The van der Waals surface area contributed by atoms with E-state index in [4.69, 9.17) is 5.73 Å². The van der Waals surface area contributed by atoms with Crippen LogP contribution in [0.15, 0.2) is 53.4 Å². The molecule has 0 fully saturated rings. The summed E-state index contributed by atoms with van der Waals surface area (Å²) in [7, 11) is -3.74. The summed E-state index contributed by atoms with van der Waals surface area (Å²) in [6.45, 7) is 5.83. The Balaban J connectivity index is 2.23. The van der Waals surface area contributed by atoms with Crippen molar-refractivity contribution >= 4 is 15.9 Å². The van der Waals surface area contributed by atoms with Crippen LogP contribution in [0, 0.1) is 6.92 Å². The molecule has 1 amide bonds. The average molecular weight is 375 g/mol. The molecule has 2 rings (SSSR count). The Hall–Kier alpha value is -2.22. The summed E-state index contributed by atoms with van der Waals surface area (Å²) >= 11 is 0. The Kier molecular flexibility index (Phi) is 6.17. The van der Waals surface area contributed by atoms with Crippen molar-refractivity contribution in [3.63, 3.8) is 0 Å². The molecule has 0 unspecified atom stereocenters. The smallest absolute Gasteiger partial charge is 0.252 e. The molecule has 140 valence electrons. The van der Waals surface area contributed by atoms with Gasteiger partial charge < -0.3 is 11.1 Å². The Morgan fingerprint density at radius 1 is 1.12 bits per heavy atom. The minimum absolute atomic E-state index is 0.0507. The minimum Gasteiger partial charge on any atom is -0.346 e. The standard InChI is InChI=1S/C19H25N3O3S/c1-14-9-10-16(11-17(14)18(23)22-19(2,3)13-20)26(24,25)21-12-15-7-5-4-6-8-15/h4-11,21H,12-13,20H2,1-3H3,(H,22,23). The normalized spacial score (nSPS) is 12.0. The molecule has 0 heterocycles. The first kappa shape index (κ1) is 20.1. The van der Waals surface area contributed by atoms with E-state index in [0.29, 0.717) is 11.1 Å². The molecule has 2 aromatic rings. The van der Waals surface area contributed by atoms with E-state index < -0.39 is 15.6 Å². The van der Waals surface area contributed by atoms with E-state index >= 15 is 0 Å². The highest BCUT2D eigenvalue weighted by Gasteiger charge is 2.22. The van der Waals surface area contributed by atoms with Crippen LogP contribution in [-0.2, 0) is 16.6 Å². The molecule has 0 radical (unpaired) electrons. The highest BCUT2D eigenvalue weighted by Crippen LogP contribution is 2.17. The fourth-order valence-corrected chi connectivity index (χ4v) is 3.34. The Labute approximate surface area is 154 Å². The molecular formula is C19H25N3O3S. The highest BCUT2D eigenvalue weighted by molar-refractivity contribution is 7.89. The van der Waals surface area contributed by atoms with Crippen molar-refractivity contribution in [1.29, 1.82) is 0 Å². The first-order chi connectivity index (χ1) is 12.1. The Morgan fingerprint density at radius 3 is 2.38 bits per heavy atom. The molecule has 0 bridgehead atoms. The molecule has 6 nitrogen and oxygen atoms in total. The Bertz CT molecular complexity index is 878. The maximum atomic E-state index is 12.6. The monoisotopic (exact) mass is 375 g/mol. The van der Waals surface area contributed by atoms with Crippen molar-refractivity contribution < 1.29 is 13.2 Å². The van der Waals surface area contributed by atoms with Gasteiger partial charge in [-0.05, 0) is 44.0 Å². The van der Waals surface area contributed by atoms with Gasteiger partial charge in [-0.15, -0.1) is 0 Å². The Morgan fingerprint density at radius 2 is 1.77 bits per heavy atom. The summed E-state index contributed by atoms with van der Waals surface area (Å²) in [4.78, 5) is 12.6. The van der Waals surface area contributed by atoms with Crippen molar-refractivity contribution in [2.24, 2.45) is 5.73 Å². The third-order valence-electron chi connectivity index (χ3n) is 4.04. The molecule has 0 aromatic heterocycles. The predicted molar refractivity (Wildman–Crippen MR) is 102 cm³/mol. The van der Waals surface area contributed by atoms with E-state index in [0.717, 1.165) is 5.56 Å². The molecule has 26 heavy (non-hydrogen) atoms. The quantitative estimate of drug-likeness (QED) is 0.688. The second-order valence-corrected chi connectivity index (χ2v) is 8.60. The number of benzene rings is 2. The van der Waals surface area contributed by atoms with Gasteiger partial charge in [0.25, 0.3) is 5.91 Å². The van der Waals surface area contributed by atoms with Gasteiger partial charge in [0.15, 0.2) is 0 Å². The van der Waals surface area contributed by atoms with Crippen LogP contribution >= 0.6 is 0 Å². The molecule has 0 aliphatic heterocycles. The third-order valence-corrected chi connectivity index (χ3v) is 5.43. The fraction of sp³-hybridized carbons (Fsp3) is 0.316. The summed E-state index contributed by atoms with van der Waals surface area (Å²) in [6.07, 6.45) is 0. The van der Waals surface area contributed by atoms with Crippen molar-refractivity contribution in [3.05, 3.63) is 65.2 Å². The van der Waals surface area contributed by atoms with Crippen LogP contribution in [0.2, 0.25) is 0 Å². The van der Waals surface area contributed by atoms with Gasteiger partial charge in [-0.2, -0.15) is 0 Å². The SMILES string of the molecule is Cc1ccc(S(=O)(=O)NCc2ccccc2)cc1C(=O)NC(C)(C)CN. The molecule has 0 aliphatic rings. The van der Waals surface area contributed by atoms with Gasteiger partial charge >= 0.3 is 0 Å². The second-order valence-electron chi connectivity index (χ2n) is 6.83. The van der Waals surface area contributed by atoms with Gasteiger partial charge in [-0.25, -0.2) is 13.1 Å². The number of nitrogens with two attached hydrogens (primary N) is 1. The lowest BCUT2D eigenvalue weighted by atomic mass is 10.0. The summed E-state index contributed by atoms with van der Waals surface area (Å²) in [6, 6.07) is 13.7. The molecular weight excluding hydrogens is 350 g/mol. The van der Waals surface area contributed by atoms with E-state index in [1.165, 1.54) is 12.1 Å². The lowest BCUT2D eigenvalue weighted by Crippen LogP contribution is -2.49. The minimum atomic E-state index is -3.74. The number of sulfonamides is 1. The summed E-state index contributed by atoms with van der Waals surface area (Å²) < 4.78 is 27.7. The van der Waals surface area contributed by atoms with E-state index in [1.807, 2.05) is 44.2 Å². The van der Waals surface area contributed by atoms with Crippen LogP contribution in [0.4, 0.5) is 0 Å². The number of rotatable bonds is 7. The van der Waals surface area contributed by atoms with Crippen molar-refractivity contribution in [1.82, 2.24) is 10.0 Å². The van der Waals surface area contributed by atoms with Crippen LogP contribution in [0.5, 0.6) is 0 Å². The van der Waals surface area contributed by atoms with Gasteiger partial charge in [-0.3, -0.25) is 4.79 Å². The molecule has 0 atom stereocenters. The number of hydrogen-bond donors (Lipinski definition) is 3. The number of nitrogens with one attached hydrogen (secondary N) is 2. The number of hydrogen-bond acceptors (Lipinski definition) is 4. The number of amides is 1.